The fraction of sp³-hybridized carbons (Fsp3) is 0.125. The molecule has 1 aliphatic heterocycles. The van der Waals surface area contributed by atoms with Crippen molar-refractivity contribution in [2.75, 3.05) is 0 Å². The zero-order valence-electron chi connectivity index (χ0n) is 16.0. The fourth-order valence-electron chi connectivity index (χ4n) is 3.78. The average Bonchev–Trinajstić information content (AvgIpc) is 3.14. The van der Waals surface area contributed by atoms with Crippen LogP contribution in [0.1, 0.15) is 19.5 Å². The molecule has 3 nitrogen and oxygen atoms in total. The summed E-state index contributed by atoms with van der Waals surface area (Å²) >= 11 is 6.26. The van der Waals surface area contributed by atoms with Gasteiger partial charge in [-0.3, -0.25) is 0 Å². The number of H-pyrrole nitrogens is 1. The number of rotatable bonds is 2. The van der Waals surface area contributed by atoms with Gasteiger partial charge in [0, 0.05) is 5.56 Å². The summed E-state index contributed by atoms with van der Waals surface area (Å²) in [6, 6.07) is 20.8. The maximum atomic E-state index is 14.5. The van der Waals surface area contributed by atoms with Crippen molar-refractivity contribution in [2.45, 2.75) is 19.4 Å². The number of nitrogens with one attached hydrogen (secondary N) is 1. The summed E-state index contributed by atoms with van der Waals surface area (Å²) < 4.78 is 20.8. The molecule has 0 atom stereocenters. The van der Waals surface area contributed by atoms with E-state index in [1.54, 1.807) is 12.1 Å². The Labute approximate surface area is 173 Å². The first kappa shape index (κ1) is 18.0. The maximum absolute atomic E-state index is 14.5. The molecule has 2 heterocycles. The van der Waals surface area contributed by atoms with Crippen molar-refractivity contribution < 1.29 is 9.13 Å². The van der Waals surface area contributed by atoms with E-state index in [2.05, 4.69) is 17.1 Å². The first-order chi connectivity index (χ1) is 13.9. The van der Waals surface area contributed by atoms with E-state index in [1.165, 1.54) is 6.07 Å². The van der Waals surface area contributed by atoms with Gasteiger partial charge in [-0.15, -0.1) is 0 Å². The molecule has 0 bridgehead atoms. The number of benzene rings is 3. The van der Waals surface area contributed by atoms with Gasteiger partial charge in [0.1, 0.15) is 23.0 Å². The van der Waals surface area contributed by atoms with Gasteiger partial charge in [-0.2, -0.15) is 0 Å². The van der Waals surface area contributed by atoms with Crippen molar-refractivity contribution in [3.05, 3.63) is 83.3 Å². The Morgan fingerprint density at radius 3 is 2.52 bits per heavy atom. The van der Waals surface area contributed by atoms with E-state index in [-0.39, 0.29) is 5.56 Å². The van der Waals surface area contributed by atoms with E-state index in [4.69, 9.17) is 21.3 Å². The number of nitrogens with zero attached hydrogens (tertiary/aromatic N) is 1. The van der Waals surface area contributed by atoms with Crippen LogP contribution in [0.4, 0.5) is 4.39 Å². The molecule has 0 fully saturated rings. The van der Waals surface area contributed by atoms with Crippen LogP contribution in [0.15, 0.2) is 66.7 Å². The molecule has 29 heavy (non-hydrogen) atoms. The van der Waals surface area contributed by atoms with Crippen LogP contribution >= 0.6 is 11.6 Å². The molecule has 1 aliphatic rings. The fourth-order valence-corrected chi connectivity index (χ4v) is 4.04. The third-order valence-corrected chi connectivity index (χ3v) is 5.53. The van der Waals surface area contributed by atoms with E-state index in [1.807, 2.05) is 50.2 Å². The van der Waals surface area contributed by atoms with Crippen LogP contribution in [-0.2, 0) is 5.60 Å². The van der Waals surface area contributed by atoms with Gasteiger partial charge in [-0.1, -0.05) is 54.1 Å². The summed E-state index contributed by atoms with van der Waals surface area (Å²) in [5, 5.41) is 0.314. The lowest BCUT2D eigenvalue weighted by molar-refractivity contribution is 0.101. The summed E-state index contributed by atoms with van der Waals surface area (Å²) in [4.78, 5) is 7.97. The Bertz CT molecular complexity index is 1210. The van der Waals surface area contributed by atoms with Gasteiger partial charge in [0.15, 0.2) is 0 Å². The van der Waals surface area contributed by atoms with Gasteiger partial charge in [-0.25, -0.2) is 9.37 Å². The van der Waals surface area contributed by atoms with Gasteiger partial charge < -0.3 is 9.72 Å². The SMILES string of the molecule is CC1(C)Oc2cc(-c3ccccc3)ccc2-c2nc(-c3c(F)cccc3Cl)[nH]c21. The average molecular weight is 405 g/mol. The highest BCUT2D eigenvalue weighted by atomic mass is 35.5. The standard InChI is InChI=1S/C24H18ClFN2O/c1-24(2)22-21(27-23(28-22)20-17(25)9-6-10-18(20)26)16-12-11-15(13-19(16)29-24)14-7-4-3-5-8-14/h3-13H,1-2H3,(H,27,28). The molecule has 0 saturated carbocycles. The highest BCUT2D eigenvalue weighted by Gasteiger charge is 2.36. The molecular formula is C24H18ClFN2O. The largest absolute Gasteiger partial charge is 0.481 e. The number of aromatic amines is 1. The highest BCUT2D eigenvalue weighted by molar-refractivity contribution is 6.33. The van der Waals surface area contributed by atoms with Gasteiger partial charge in [0.2, 0.25) is 0 Å². The number of ether oxygens (including phenoxy) is 1. The third kappa shape index (κ3) is 2.91. The molecule has 0 aliphatic carbocycles. The third-order valence-electron chi connectivity index (χ3n) is 5.21. The summed E-state index contributed by atoms with van der Waals surface area (Å²) in [6.45, 7) is 3.93. The van der Waals surface area contributed by atoms with E-state index in [0.717, 1.165) is 33.8 Å². The lowest BCUT2D eigenvalue weighted by Gasteiger charge is -2.32. The molecule has 5 rings (SSSR count). The Hall–Kier alpha value is -3.11. The lowest BCUT2D eigenvalue weighted by Crippen LogP contribution is -2.29. The molecule has 0 unspecified atom stereocenters. The first-order valence-corrected chi connectivity index (χ1v) is 9.75. The molecule has 0 spiro atoms. The van der Waals surface area contributed by atoms with Crippen molar-refractivity contribution >= 4 is 11.6 Å². The zero-order valence-corrected chi connectivity index (χ0v) is 16.7. The van der Waals surface area contributed by atoms with Crippen molar-refractivity contribution in [2.24, 2.45) is 0 Å². The van der Waals surface area contributed by atoms with E-state index >= 15 is 0 Å². The van der Waals surface area contributed by atoms with E-state index in [9.17, 15) is 4.39 Å². The van der Waals surface area contributed by atoms with Crippen LogP contribution in [-0.4, -0.2) is 9.97 Å². The van der Waals surface area contributed by atoms with Crippen LogP contribution in [0, 0.1) is 5.82 Å². The molecule has 5 heteroatoms. The smallest absolute Gasteiger partial charge is 0.145 e. The predicted octanol–water partition coefficient (Wildman–Crippen LogP) is 6.83. The maximum Gasteiger partial charge on any atom is 0.145 e. The first-order valence-electron chi connectivity index (χ1n) is 9.38. The Morgan fingerprint density at radius 1 is 0.966 bits per heavy atom. The second kappa shape index (κ2) is 6.46. The molecular weight excluding hydrogens is 387 g/mol. The molecule has 1 N–H and O–H groups in total. The molecule has 3 aromatic carbocycles. The minimum atomic E-state index is -0.652. The molecule has 144 valence electrons. The molecule has 0 saturated heterocycles. The van der Waals surface area contributed by atoms with E-state index in [0.29, 0.717) is 10.8 Å². The van der Waals surface area contributed by atoms with Crippen LogP contribution in [0.25, 0.3) is 33.8 Å². The second-order valence-corrected chi connectivity index (χ2v) is 8.00. The number of aromatic nitrogens is 2. The quantitative estimate of drug-likeness (QED) is 0.397. The number of halogens is 2. The van der Waals surface area contributed by atoms with Crippen molar-refractivity contribution in [1.82, 2.24) is 9.97 Å². The van der Waals surface area contributed by atoms with Gasteiger partial charge in [0.25, 0.3) is 0 Å². The van der Waals surface area contributed by atoms with Crippen LogP contribution in [0.5, 0.6) is 5.75 Å². The highest BCUT2D eigenvalue weighted by Crippen LogP contribution is 2.46. The Balaban J connectivity index is 1.68. The van der Waals surface area contributed by atoms with Gasteiger partial charge in [0.05, 0.1) is 22.0 Å². The van der Waals surface area contributed by atoms with E-state index < -0.39 is 11.4 Å². The van der Waals surface area contributed by atoms with Gasteiger partial charge in [-0.05, 0) is 49.2 Å². The molecule has 4 aromatic rings. The van der Waals surface area contributed by atoms with Crippen LogP contribution < -0.4 is 4.74 Å². The lowest BCUT2D eigenvalue weighted by atomic mass is 9.93. The molecule has 1 aromatic heterocycles. The molecule has 0 amide bonds. The summed E-state index contributed by atoms with van der Waals surface area (Å²) in [7, 11) is 0. The number of fused-ring (bicyclic) bond motifs is 3. The monoisotopic (exact) mass is 404 g/mol. The Morgan fingerprint density at radius 2 is 1.76 bits per heavy atom. The second-order valence-electron chi connectivity index (χ2n) is 7.60. The molecule has 0 radical (unpaired) electrons. The summed E-state index contributed by atoms with van der Waals surface area (Å²) in [6.07, 6.45) is 0. The summed E-state index contributed by atoms with van der Waals surface area (Å²) in [5.74, 6) is 0.735. The number of hydrogen-bond donors (Lipinski definition) is 1. The van der Waals surface area contributed by atoms with Gasteiger partial charge >= 0.3 is 0 Å². The minimum Gasteiger partial charge on any atom is -0.481 e. The normalized spacial score (nSPS) is 14.1. The van der Waals surface area contributed by atoms with Crippen LogP contribution in [0.3, 0.4) is 0 Å². The number of imidazole rings is 1. The topological polar surface area (TPSA) is 37.9 Å². The van der Waals surface area contributed by atoms with Crippen molar-refractivity contribution in [1.29, 1.82) is 0 Å². The van der Waals surface area contributed by atoms with Crippen molar-refractivity contribution in [3.8, 4) is 39.5 Å². The zero-order chi connectivity index (χ0) is 20.2. The minimum absolute atomic E-state index is 0.266. The van der Waals surface area contributed by atoms with Crippen molar-refractivity contribution in [3.63, 3.8) is 0 Å². The number of hydrogen-bond acceptors (Lipinski definition) is 2. The van der Waals surface area contributed by atoms with Crippen LogP contribution in [0.2, 0.25) is 5.02 Å². The predicted molar refractivity (Wildman–Crippen MR) is 114 cm³/mol. The summed E-state index contributed by atoms with van der Waals surface area (Å²) in [5.41, 5.74) is 4.22. The Kier molecular flexibility index (Phi) is 4.00.